The standard InChI is InChI=1S/C21H19FN6OS/c22-16-2-4-17(5-3-16)26-7-9-27(10-8-26)20-23-13-28(21(29)25-20)12-15-1-6-18-19(11-15)30-14-24-18/h1-6,11,13-14H,7-10,12H2. The minimum absolute atomic E-state index is 0.238. The van der Waals surface area contributed by atoms with E-state index in [2.05, 4.69) is 19.9 Å². The molecule has 0 unspecified atom stereocenters. The van der Waals surface area contributed by atoms with Crippen LogP contribution < -0.4 is 15.5 Å². The van der Waals surface area contributed by atoms with Gasteiger partial charge in [0.1, 0.15) is 12.1 Å². The van der Waals surface area contributed by atoms with E-state index in [9.17, 15) is 9.18 Å². The van der Waals surface area contributed by atoms with E-state index >= 15 is 0 Å². The van der Waals surface area contributed by atoms with Gasteiger partial charge in [-0.2, -0.15) is 4.98 Å². The molecular formula is C21H19FN6OS. The number of hydrogen-bond acceptors (Lipinski definition) is 7. The molecule has 7 nitrogen and oxygen atoms in total. The number of fused-ring (bicyclic) bond motifs is 1. The molecule has 0 N–H and O–H groups in total. The summed E-state index contributed by atoms with van der Waals surface area (Å²) >= 11 is 1.58. The second-order valence-electron chi connectivity index (χ2n) is 7.17. The Labute approximate surface area is 176 Å². The quantitative estimate of drug-likeness (QED) is 0.504. The van der Waals surface area contributed by atoms with Gasteiger partial charge in [0.25, 0.3) is 0 Å². The molecule has 2 aromatic heterocycles. The molecule has 3 heterocycles. The molecule has 1 fully saturated rings. The molecule has 0 spiro atoms. The molecule has 0 atom stereocenters. The Morgan fingerprint density at radius 1 is 0.967 bits per heavy atom. The molecule has 1 saturated heterocycles. The maximum Gasteiger partial charge on any atom is 0.352 e. The third-order valence-electron chi connectivity index (χ3n) is 5.26. The van der Waals surface area contributed by atoms with Crippen LogP contribution in [0.3, 0.4) is 0 Å². The number of thiazole rings is 1. The lowest BCUT2D eigenvalue weighted by molar-refractivity contribution is 0.617. The van der Waals surface area contributed by atoms with Crippen molar-refractivity contribution in [2.75, 3.05) is 36.0 Å². The lowest BCUT2D eigenvalue weighted by Crippen LogP contribution is -2.47. The van der Waals surface area contributed by atoms with Crippen molar-refractivity contribution in [1.82, 2.24) is 19.5 Å². The highest BCUT2D eigenvalue weighted by Gasteiger charge is 2.20. The topological polar surface area (TPSA) is 67.2 Å². The second kappa shape index (κ2) is 7.83. The zero-order valence-corrected chi connectivity index (χ0v) is 16.9. The number of aromatic nitrogens is 4. The van der Waals surface area contributed by atoms with Crippen molar-refractivity contribution in [3.63, 3.8) is 0 Å². The molecule has 1 aliphatic heterocycles. The minimum Gasteiger partial charge on any atom is -0.368 e. The van der Waals surface area contributed by atoms with Crippen molar-refractivity contribution >= 4 is 33.2 Å². The maximum atomic E-state index is 13.1. The molecule has 152 valence electrons. The first kappa shape index (κ1) is 18.7. The van der Waals surface area contributed by atoms with E-state index in [4.69, 9.17) is 0 Å². The van der Waals surface area contributed by atoms with Crippen LogP contribution in [0.4, 0.5) is 16.0 Å². The van der Waals surface area contributed by atoms with Crippen LogP contribution in [0.25, 0.3) is 10.2 Å². The number of anilines is 2. The normalized spacial score (nSPS) is 14.4. The fourth-order valence-electron chi connectivity index (χ4n) is 3.62. The first-order valence-electron chi connectivity index (χ1n) is 9.67. The molecule has 5 rings (SSSR count). The van der Waals surface area contributed by atoms with Crippen LogP contribution in [0, 0.1) is 5.82 Å². The summed E-state index contributed by atoms with van der Waals surface area (Å²) in [5.74, 6) is 0.214. The van der Waals surface area contributed by atoms with Crippen LogP contribution in [0.5, 0.6) is 0 Å². The van der Waals surface area contributed by atoms with Gasteiger partial charge >= 0.3 is 5.69 Å². The number of rotatable bonds is 4. The van der Waals surface area contributed by atoms with Gasteiger partial charge in [-0.25, -0.2) is 19.2 Å². The lowest BCUT2D eigenvalue weighted by atomic mass is 10.2. The Morgan fingerprint density at radius 3 is 2.50 bits per heavy atom. The molecule has 2 aromatic carbocycles. The minimum atomic E-state index is -0.314. The SMILES string of the molecule is O=c1nc(N2CCN(c3ccc(F)cc3)CC2)ncn1Cc1ccc2ncsc2c1. The summed E-state index contributed by atoms with van der Waals surface area (Å²) in [6.45, 7) is 3.33. The van der Waals surface area contributed by atoms with Gasteiger partial charge in [0.2, 0.25) is 5.95 Å². The summed E-state index contributed by atoms with van der Waals surface area (Å²) in [6, 6.07) is 12.5. The van der Waals surface area contributed by atoms with Crippen LogP contribution in [0.1, 0.15) is 5.56 Å². The average Bonchev–Trinajstić information content (AvgIpc) is 3.24. The Morgan fingerprint density at radius 2 is 1.73 bits per heavy atom. The molecule has 0 radical (unpaired) electrons. The average molecular weight is 422 g/mol. The summed E-state index contributed by atoms with van der Waals surface area (Å²) in [7, 11) is 0. The van der Waals surface area contributed by atoms with Crippen LogP contribution in [0.2, 0.25) is 0 Å². The van der Waals surface area contributed by atoms with Gasteiger partial charge in [-0.3, -0.25) is 4.57 Å². The van der Waals surface area contributed by atoms with E-state index < -0.39 is 0 Å². The third kappa shape index (κ3) is 3.76. The van der Waals surface area contributed by atoms with Gasteiger partial charge in [0.05, 0.1) is 22.3 Å². The van der Waals surface area contributed by atoms with Crippen LogP contribution >= 0.6 is 11.3 Å². The van der Waals surface area contributed by atoms with Gasteiger partial charge in [0.15, 0.2) is 0 Å². The molecule has 4 aromatic rings. The summed E-state index contributed by atoms with van der Waals surface area (Å²) in [4.78, 5) is 29.6. The molecule has 0 saturated carbocycles. The number of piperazine rings is 1. The highest BCUT2D eigenvalue weighted by Crippen LogP contribution is 2.20. The summed E-state index contributed by atoms with van der Waals surface area (Å²) < 4.78 is 15.7. The van der Waals surface area contributed by atoms with Crippen LogP contribution in [0.15, 0.2) is 59.1 Å². The second-order valence-corrected chi connectivity index (χ2v) is 8.06. The van der Waals surface area contributed by atoms with Gasteiger partial charge < -0.3 is 9.80 Å². The summed E-state index contributed by atoms with van der Waals surface area (Å²) in [5, 5.41) is 0. The summed E-state index contributed by atoms with van der Waals surface area (Å²) in [6.07, 6.45) is 1.56. The van der Waals surface area contributed by atoms with Crippen molar-refractivity contribution in [2.24, 2.45) is 0 Å². The van der Waals surface area contributed by atoms with E-state index in [0.29, 0.717) is 25.6 Å². The largest absolute Gasteiger partial charge is 0.368 e. The lowest BCUT2D eigenvalue weighted by Gasteiger charge is -2.36. The predicted octanol–water partition coefficient (Wildman–Crippen LogP) is 2.76. The van der Waals surface area contributed by atoms with Crippen molar-refractivity contribution in [1.29, 1.82) is 0 Å². The maximum absolute atomic E-state index is 13.1. The smallest absolute Gasteiger partial charge is 0.352 e. The molecule has 30 heavy (non-hydrogen) atoms. The van der Waals surface area contributed by atoms with Crippen molar-refractivity contribution < 1.29 is 4.39 Å². The Hall–Kier alpha value is -3.33. The van der Waals surface area contributed by atoms with E-state index in [0.717, 1.165) is 34.6 Å². The van der Waals surface area contributed by atoms with E-state index in [1.807, 2.05) is 28.6 Å². The van der Waals surface area contributed by atoms with E-state index in [-0.39, 0.29) is 11.5 Å². The fourth-order valence-corrected chi connectivity index (χ4v) is 4.36. The van der Waals surface area contributed by atoms with Gasteiger partial charge in [-0.15, -0.1) is 11.3 Å². The molecular weight excluding hydrogens is 403 g/mol. The van der Waals surface area contributed by atoms with Gasteiger partial charge in [-0.05, 0) is 42.0 Å². The molecule has 1 aliphatic rings. The monoisotopic (exact) mass is 422 g/mol. The van der Waals surface area contributed by atoms with Gasteiger partial charge in [-0.1, -0.05) is 6.07 Å². The third-order valence-corrected chi connectivity index (χ3v) is 6.05. The van der Waals surface area contributed by atoms with E-state index in [1.165, 1.54) is 16.7 Å². The van der Waals surface area contributed by atoms with Crippen LogP contribution in [-0.4, -0.2) is 45.7 Å². The summed E-state index contributed by atoms with van der Waals surface area (Å²) in [5.41, 5.74) is 4.46. The number of hydrogen-bond donors (Lipinski definition) is 0. The number of halogens is 1. The molecule has 0 bridgehead atoms. The van der Waals surface area contributed by atoms with Gasteiger partial charge in [0, 0.05) is 31.9 Å². The molecule has 0 amide bonds. The van der Waals surface area contributed by atoms with E-state index in [1.54, 1.807) is 29.8 Å². The predicted molar refractivity (Wildman–Crippen MR) is 116 cm³/mol. The molecule has 9 heteroatoms. The molecule has 0 aliphatic carbocycles. The Balaban J connectivity index is 1.26. The highest BCUT2D eigenvalue weighted by molar-refractivity contribution is 7.16. The van der Waals surface area contributed by atoms with Crippen molar-refractivity contribution in [2.45, 2.75) is 6.54 Å². The first-order chi connectivity index (χ1) is 14.7. The van der Waals surface area contributed by atoms with Crippen molar-refractivity contribution in [3.8, 4) is 0 Å². The highest BCUT2D eigenvalue weighted by atomic mass is 32.1. The Kier molecular flexibility index (Phi) is 4.88. The zero-order chi connectivity index (χ0) is 20.5. The fraction of sp³-hybridized carbons (Fsp3) is 0.238. The number of nitrogens with zero attached hydrogens (tertiary/aromatic N) is 6. The first-order valence-corrected chi connectivity index (χ1v) is 10.5. The zero-order valence-electron chi connectivity index (χ0n) is 16.1. The van der Waals surface area contributed by atoms with Crippen LogP contribution in [-0.2, 0) is 6.54 Å². The van der Waals surface area contributed by atoms with Crippen molar-refractivity contribution in [3.05, 3.63) is 76.2 Å². The Bertz CT molecular complexity index is 1230. The number of benzene rings is 2.